The number of anilines is 1. The van der Waals surface area contributed by atoms with Crippen molar-refractivity contribution >= 4 is 17.6 Å². The summed E-state index contributed by atoms with van der Waals surface area (Å²) in [5, 5.41) is 2.63. The number of nitrogens with one attached hydrogen (secondary N) is 2. The summed E-state index contributed by atoms with van der Waals surface area (Å²) in [5.74, 6) is 0.203. The predicted octanol–water partition coefficient (Wildman–Crippen LogP) is 1.58. The Morgan fingerprint density at radius 1 is 1.18 bits per heavy atom. The van der Waals surface area contributed by atoms with E-state index in [1.165, 1.54) is 0 Å². The zero-order chi connectivity index (χ0) is 15.4. The lowest BCUT2D eigenvalue weighted by atomic mass is 10.2. The number of H-pyrrole nitrogens is 1. The molecule has 2 aromatic rings. The summed E-state index contributed by atoms with van der Waals surface area (Å²) >= 11 is 0. The SMILES string of the molecule is O=C(COC(=O)c1ccc[nH]1)Nc1ccc2c(c1)OCCO2. The minimum absolute atomic E-state index is 0.298. The summed E-state index contributed by atoms with van der Waals surface area (Å²) in [7, 11) is 0. The third-order valence-corrected chi connectivity index (χ3v) is 2.98. The van der Waals surface area contributed by atoms with Crippen LogP contribution < -0.4 is 14.8 Å². The number of hydrogen-bond donors (Lipinski definition) is 2. The topological polar surface area (TPSA) is 89.7 Å². The van der Waals surface area contributed by atoms with Crippen LogP contribution in [0.5, 0.6) is 11.5 Å². The second kappa shape index (κ2) is 6.21. The number of ether oxygens (including phenoxy) is 3. The fraction of sp³-hybridized carbons (Fsp3) is 0.200. The molecule has 0 radical (unpaired) electrons. The Labute approximate surface area is 126 Å². The molecule has 0 unspecified atom stereocenters. The lowest BCUT2D eigenvalue weighted by Crippen LogP contribution is -2.21. The summed E-state index contributed by atoms with van der Waals surface area (Å²) in [4.78, 5) is 26.1. The molecule has 114 valence electrons. The second-order valence-electron chi connectivity index (χ2n) is 4.57. The van der Waals surface area contributed by atoms with E-state index in [0.717, 1.165) is 0 Å². The minimum Gasteiger partial charge on any atom is -0.486 e. The first-order valence-electron chi connectivity index (χ1n) is 6.72. The molecule has 22 heavy (non-hydrogen) atoms. The molecular formula is C15H14N2O5. The molecule has 7 nitrogen and oxygen atoms in total. The summed E-state index contributed by atoms with van der Waals surface area (Å²) < 4.78 is 15.7. The van der Waals surface area contributed by atoms with Gasteiger partial charge in [-0.15, -0.1) is 0 Å². The van der Waals surface area contributed by atoms with Crippen molar-refractivity contribution in [3.05, 3.63) is 42.2 Å². The van der Waals surface area contributed by atoms with Gasteiger partial charge in [-0.25, -0.2) is 4.79 Å². The zero-order valence-corrected chi connectivity index (χ0v) is 11.6. The van der Waals surface area contributed by atoms with Crippen LogP contribution in [-0.4, -0.2) is 36.7 Å². The molecule has 2 heterocycles. The van der Waals surface area contributed by atoms with E-state index in [0.29, 0.717) is 36.1 Å². The van der Waals surface area contributed by atoms with Crippen molar-refractivity contribution in [2.75, 3.05) is 25.1 Å². The van der Waals surface area contributed by atoms with Crippen LogP contribution in [0.3, 0.4) is 0 Å². The third-order valence-electron chi connectivity index (χ3n) is 2.98. The van der Waals surface area contributed by atoms with E-state index in [4.69, 9.17) is 14.2 Å². The Hall–Kier alpha value is -2.96. The molecule has 7 heteroatoms. The van der Waals surface area contributed by atoms with Gasteiger partial charge in [0, 0.05) is 18.0 Å². The van der Waals surface area contributed by atoms with Gasteiger partial charge in [-0.1, -0.05) is 0 Å². The van der Waals surface area contributed by atoms with Crippen LogP contribution in [0.1, 0.15) is 10.5 Å². The highest BCUT2D eigenvalue weighted by Crippen LogP contribution is 2.32. The molecule has 0 spiro atoms. The van der Waals surface area contributed by atoms with Crippen LogP contribution in [0.15, 0.2) is 36.5 Å². The number of benzene rings is 1. The first-order chi connectivity index (χ1) is 10.7. The second-order valence-corrected chi connectivity index (χ2v) is 4.57. The van der Waals surface area contributed by atoms with Gasteiger partial charge < -0.3 is 24.5 Å². The van der Waals surface area contributed by atoms with E-state index in [-0.39, 0.29) is 6.61 Å². The number of aromatic amines is 1. The molecule has 0 saturated carbocycles. The molecule has 0 bridgehead atoms. The van der Waals surface area contributed by atoms with Crippen LogP contribution in [0.25, 0.3) is 0 Å². The highest BCUT2D eigenvalue weighted by molar-refractivity contribution is 5.95. The Morgan fingerprint density at radius 3 is 2.77 bits per heavy atom. The summed E-state index contributed by atoms with van der Waals surface area (Å²) in [6.45, 7) is 0.609. The molecule has 0 atom stereocenters. The fourth-order valence-electron chi connectivity index (χ4n) is 1.98. The highest BCUT2D eigenvalue weighted by atomic mass is 16.6. The van der Waals surface area contributed by atoms with Gasteiger partial charge in [0.15, 0.2) is 18.1 Å². The molecule has 1 aromatic heterocycles. The van der Waals surface area contributed by atoms with E-state index >= 15 is 0 Å². The average Bonchev–Trinajstić information content (AvgIpc) is 3.07. The first-order valence-corrected chi connectivity index (χ1v) is 6.72. The molecule has 3 rings (SSSR count). The van der Waals surface area contributed by atoms with Gasteiger partial charge in [-0.05, 0) is 24.3 Å². The van der Waals surface area contributed by atoms with Gasteiger partial charge in [-0.2, -0.15) is 0 Å². The Kier molecular flexibility index (Phi) is 3.95. The number of aromatic nitrogens is 1. The third kappa shape index (κ3) is 3.20. The number of carbonyl (C=O) groups is 2. The number of hydrogen-bond acceptors (Lipinski definition) is 5. The summed E-state index contributed by atoms with van der Waals surface area (Å²) in [6, 6.07) is 8.32. The molecular weight excluding hydrogens is 288 g/mol. The van der Waals surface area contributed by atoms with Crippen molar-refractivity contribution < 1.29 is 23.8 Å². The van der Waals surface area contributed by atoms with Crippen molar-refractivity contribution in [3.63, 3.8) is 0 Å². The molecule has 0 fully saturated rings. The maximum absolute atomic E-state index is 11.8. The maximum Gasteiger partial charge on any atom is 0.355 e. The van der Waals surface area contributed by atoms with Gasteiger partial charge in [0.1, 0.15) is 18.9 Å². The number of esters is 1. The Morgan fingerprint density at radius 2 is 2.00 bits per heavy atom. The predicted molar refractivity (Wildman–Crippen MR) is 77.1 cm³/mol. The summed E-state index contributed by atoms with van der Waals surface area (Å²) in [5.41, 5.74) is 0.845. The average molecular weight is 302 g/mol. The highest BCUT2D eigenvalue weighted by Gasteiger charge is 2.14. The van der Waals surface area contributed by atoms with E-state index in [9.17, 15) is 9.59 Å². The van der Waals surface area contributed by atoms with Crippen molar-refractivity contribution in [2.24, 2.45) is 0 Å². The van der Waals surface area contributed by atoms with Crippen LogP contribution in [-0.2, 0) is 9.53 Å². The normalized spacial score (nSPS) is 12.5. The van der Waals surface area contributed by atoms with E-state index < -0.39 is 11.9 Å². The Bertz CT molecular complexity index is 681. The molecule has 1 amide bonds. The smallest absolute Gasteiger partial charge is 0.355 e. The van der Waals surface area contributed by atoms with Gasteiger partial charge in [0.05, 0.1) is 0 Å². The fourth-order valence-corrected chi connectivity index (χ4v) is 1.98. The quantitative estimate of drug-likeness (QED) is 0.837. The van der Waals surface area contributed by atoms with Crippen LogP contribution in [0.2, 0.25) is 0 Å². The van der Waals surface area contributed by atoms with Crippen LogP contribution in [0, 0.1) is 0 Å². The van der Waals surface area contributed by atoms with E-state index in [1.807, 2.05) is 0 Å². The largest absolute Gasteiger partial charge is 0.486 e. The number of amides is 1. The van der Waals surface area contributed by atoms with Crippen molar-refractivity contribution in [2.45, 2.75) is 0 Å². The van der Waals surface area contributed by atoms with Crippen LogP contribution >= 0.6 is 0 Å². The standard InChI is InChI=1S/C15H14N2O5/c18-14(9-22-15(19)11-2-1-5-16-11)17-10-3-4-12-13(8-10)21-7-6-20-12/h1-5,8,16H,6-7,9H2,(H,17,18). The lowest BCUT2D eigenvalue weighted by Gasteiger charge is -2.18. The molecule has 0 saturated heterocycles. The number of carbonyl (C=O) groups excluding carboxylic acids is 2. The number of fused-ring (bicyclic) bond motifs is 1. The van der Waals surface area contributed by atoms with Crippen molar-refractivity contribution in [3.8, 4) is 11.5 Å². The van der Waals surface area contributed by atoms with Crippen molar-refractivity contribution in [1.82, 2.24) is 4.98 Å². The van der Waals surface area contributed by atoms with Gasteiger partial charge in [0.25, 0.3) is 5.91 Å². The van der Waals surface area contributed by atoms with Crippen molar-refractivity contribution in [1.29, 1.82) is 0 Å². The molecule has 2 N–H and O–H groups in total. The van der Waals surface area contributed by atoms with Gasteiger partial charge in [0.2, 0.25) is 0 Å². The number of rotatable bonds is 4. The molecule has 1 aliphatic heterocycles. The van der Waals surface area contributed by atoms with Crippen LogP contribution in [0.4, 0.5) is 5.69 Å². The van der Waals surface area contributed by atoms with Gasteiger partial charge >= 0.3 is 5.97 Å². The molecule has 0 aliphatic carbocycles. The monoisotopic (exact) mass is 302 g/mol. The minimum atomic E-state index is -0.581. The van der Waals surface area contributed by atoms with E-state index in [2.05, 4.69) is 10.3 Å². The maximum atomic E-state index is 11.8. The molecule has 1 aliphatic rings. The Balaban J connectivity index is 1.54. The van der Waals surface area contributed by atoms with Gasteiger partial charge in [-0.3, -0.25) is 4.79 Å². The first kappa shape index (κ1) is 14.0. The molecule has 1 aromatic carbocycles. The van der Waals surface area contributed by atoms with E-state index in [1.54, 1.807) is 36.5 Å². The zero-order valence-electron chi connectivity index (χ0n) is 11.6. The summed E-state index contributed by atoms with van der Waals surface area (Å²) in [6.07, 6.45) is 1.60. The lowest BCUT2D eigenvalue weighted by molar-refractivity contribution is -0.119.